The molecule has 2 saturated heterocycles. The molecule has 32 heavy (non-hydrogen) atoms. The van der Waals surface area contributed by atoms with Crippen LogP contribution in [0.4, 0.5) is 5.69 Å². The summed E-state index contributed by atoms with van der Waals surface area (Å²) in [5.41, 5.74) is -0.372. The Balaban J connectivity index is 1.58. The Kier molecular flexibility index (Phi) is 4.59. The summed E-state index contributed by atoms with van der Waals surface area (Å²) in [6.45, 7) is 2.38. The minimum atomic E-state index is -1.41. The maximum atomic E-state index is 13.6. The monoisotopic (exact) mass is 438 g/mol. The molecule has 2 amide bonds. The highest BCUT2D eigenvalue weighted by molar-refractivity contribution is 6.24. The fraction of sp³-hybridized carbons (Fsp3) is 0.348. The topological polar surface area (TPSA) is 114 Å². The Hall–Kier alpha value is -3.59. The van der Waals surface area contributed by atoms with Gasteiger partial charge in [-0.05, 0) is 36.8 Å². The van der Waals surface area contributed by atoms with Gasteiger partial charge in [0.2, 0.25) is 11.8 Å². The number of fused-ring (bicyclic) bond motifs is 2. The summed E-state index contributed by atoms with van der Waals surface area (Å²) in [5.74, 6) is -2.26. The molecule has 0 radical (unpaired) electrons. The number of amides is 2. The summed E-state index contributed by atoms with van der Waals surface area (Å²) < 4.78 is 16.1. The van der Waals surface area contributed by atoms with Crippen molar-refractivity contribution in [2.24, 2.45) is 11.8 Å². The first-order valence-corrected chi connectivity index (χ1v) is 10.3. The van der Waals surface area contributed by atoms with Gasteiger partial charge in [0.15, 0.2) is 11.5 Å². The summed E-state index contributed by atoms with van der Waals surface area (Å²) in [7, 11) is 1.25. The van der Waals surface area contributed by atoms with E-state index in [1.54, 1.807) is 37.3 Å². The Morgan fingerprint density at radius 3 is 2.47 bits per heavy atom. The Bertz CT molecular complexity index is 1120. The number of phenolic OH excluding ortho intramolecular Hbond substituents is 1. The van der Waals surface area contributed by atoms with E-state index < -0.39 is 41.2 Å². The van der Waals surface area contributed by atoms with Gasteiger partial charge in [-0.25, -0.2) is 4.90 Å². The van der Waals surface area contributed by atoms with Crippen LogP contribution in [0.3, 0.4) is 0 Å². The second-order valence-electron chi connectivity index (χ2n) is 8.25. The molecular formula is C23H22N2O7. The number of aromatic hydroxyl groups is 1. The van der Waals surface area contributed by atoms with Crippen molar-refractivity contribution in [3.63, 3.8) is 0 Å². The maximum Gasteiger partial charge on any atom is 0.326 e. The van der Waals surface area contributed by atoms with Gasteiger partial charge >= 0.3 is 5.97 Å². The van der Waals surface area contributed by atoms with E-state index >= 15 is 0 Å². The number of phenols is 1. The highest BCUT2D eigenvalue weighted by atomic mass is 16.6. The van der Waals surface area contributed by atoms with Crippen LogP contribution in [0.5, 0.6) is 17.2 Å². The van der Waals surface area contributed by atoms with Gasteiger partial charge in [-0.3, -0.25) is 19.7 Å². The molecule has 2 aromatic rings. The summed E-state index contributed by atoms with van der Waals surface area (Å²) >= 11 is 0. The van der Waals surface area contributed by atoms with Crippen LogP contribution in [0.25, 0.3) is 0 Å². The standard InChI is InChI=1S/C23H22N2O7/c1-23(22(29)30-2)18-17(19(24-23)12-3-6-14(26)7-4-12)20(27)25(21(18)28)13-5-8-15-16(11-13)32-10-9-31-15/h3-8,11,17-19,24,26H,9-10H2,1-2H3/t17-,18+,19-,23+/m0/s1. The molecular weight excluding hydrogens is 416 g/mol. The first-order valence-electron chi connectivity index (χ1n) is 10.3. The predicted octanol–water partition coefficient (Wildman–Crippen LogP) is 1.55. The van der Waals surface area contributed by atoms with Crippen molar-refractivity contribution in [2.45, 2.75) is 18.5 Å². The predicted molar refractivity (Wildman–Crippen MR) is 111 cm³/mol. The number of hydrogen-bond acceptors (Lipinski definition) is 8. The highest BCUT2D eigenvalue weighted by Gasteiger charge is 2.67. The molecule has 0 spiro atoms. The molecule has 2 aromatic carbocycles. The number of ether oxygens (including phenoxy) is 3. The number of nitrogens with zero attached hydrogens (tertiary/aromatic N) is 1. The second kappa shape index (κ2) is 7.23. The van der Waals surface area contributed by atoms with Crippen LogP contribution in [-0.4, -0.2) is 48.8 Å². The Morgan fingerprint density at radius 2 is 1.78 bits per heavy atom. The number of methoxy groups -OCH3 is 1. The number of carbonyl (C=O) groups is 3. The van der Waals surface area contributed by atoms with E-state index in [2.05, 4.69) is 5.32 Å². The lowest BCUT2D eigenvalue weighted by molar-refractivity contribution is -0.151. The third-order valence-corrected chi connectivity index (χ3v) is 6.43. The lowest BCUT2D eigenvalue weighted by atomic mass is 9.80. The SMILES string of the molecule is COC(=O)[C@]1(C)N[C@@H](c2ccc(O)cc2)[C@H]2C(=O)N(c3ccc4c(c3)OCCO4)C(=O)[C@@H]21. The number of rotatable bonds is 3. The van der Waals surface area contributed by atoms with Crippen LogP contribution in [0.15, 0.2) is 42.5 Å². The van der Waals surface area contributed by atoms with Gasteiger partial charge < -0.3 is 19.3 Å². The third kappa shape index (κ3) is 2.85. The average Bonchev–Trinajstić information content (AvgIpc) is 3.26. The number of nitrogens with one attached hydrogen (secondary N) is 1. The molecule has 0 aromatic heterocycles. The molecule has 9 nitrogen and oxygen atoms in total. The lowest BCUT2D eigenvalue weighted by Gasteiger charge is -2.29. The van der Waals surface area contributed by atoms with Gasteiger partial charge in [0.25, 0.3) is 0 Å². The average molecular weight is 438 g/mol. The van der Waals surface area contributed by atoms with Crippen molar-refractivity contribution in [1.29, 1.82) is 0 Å². The lowest BCUT2D eigenvalue weighted by Crippen LogP contribution is -2.54. The fourth-order valence-corrected chi connectivity index (χ4v) is 4.93. The van der Waals surface area contributed by atoms with E-state index in [0.717, 1.165) is 4.90 Å². The van der Waals surface area contributed by atoms with E-state index in [0.29, 0.717) is 36.0 Å². The molecule has 9 heteroatoms. The number of benzene rings is 2. The summed E-state index contributed by atoms with van der Waals surface area (Å²) in [5, 5.41) is 12.8. The highest BCUT2D eigenvalue weighted by Crippen LogP contribution is 2.50. The van der Waals surface area contributed by atoms with Crippen LogP contribution in [0, 0.1) is 11.8 Å². The third-order valence-electron chi connectivity index (χ3n) is 6.43. The first-order chi connectivity index (χ1) is 15.3. The molecule has 5 rings (SSSR count). The molecule has 166 valence electrons. The smallest absolute Gasteiger partial charge is 0.326 e. The zero-order valence-electron chi connectivity index (χ0n) is 17.5. The Labute approximate surface area is 183 Å². The van der Waals surface area contributed by atoms with Gasteiger partial charge in [0.05, 0.1) is 24.6 Å². The van der Waals surface area contributed by atoms with E-state index in [1.807, 2.05) is 0 Å². The maximum absolute atomic E-state index is 13.6. The molecule has 0 unspecified atom stereocenters. The van der Waals surface area contributed by atoms with Crippen LogP contribution in [0.2, 0.25) is 0 Å². The summed E-state index contributed by atoms with van der Waals surface area (Å²) in [4.78, 5) is 41.1. The largest absolute Gasteiger partial charge is 0.508 e. The van der Waals surface area contributed by atoms with Crippen LogP contribution < -0.4 is 19.7 Å². The fourth-order valence-electron chi connectivity index (χ4n) is 4.93. The molecule has 3 aliphatic rings. The number of anilines is 1. The molecule has 0 saturated carbocycles. The minimum Gasteiger partial charge on any atom is -0.508 e. The van der Waals surface area contributed by atoms with E-state index in [1.165, 1.54) is 19.2 Å². The van der Waals surface area contributed by atoms with Crippen molar-refractivity contribution in [1.82, 2.24) is 5.32 Å². The van der Waals surface area contributed by atoms with Gasteiger partial charge in [0.1, 0.15) is 24.5 Å². The van der Waals surface area contributed by atoms with Crippen molar-refractivity contribution in [3.8, 4) is 17.2 Å². The van der Waals surface area contributed by atoms with Crippen LogP contribution in [0.1, 0.15) is 18.5 Å². The van der Waals surface area contributed by atoms with Gasteiger partial charge in [-0.15, -0.1) is 0 Å². The van der Waals surface area contributed by atoms with Crippen LogP contribution in [-0.2, 0) is 19.1 Å². The molecule has 3 heterocycles. The van der Waals surface area contributed by atoms with Gasteiger partial charge in [-0.2, -0.15) is 0 Å². The van der Waals surface area contributed by atoms with Gasteiger partial charge in [-0.1, -0.05) is 12.1 Å². The minimum absolute atomic E-state index is 0.0748. The zero-order chi connectivity index (χ0) is 22.6. The summed E-state index contributed by atoms with van der Waals surface area (Å²) in [6.07, 6.45) is 0. The normalized spacial score (nSPS) is 28.6. The summed E-state index contributed by atoms with van der Waals surface area (Å²) in [6, 6.07) is 10.6. The molecule has 2 fully saturated rings. The molecule has 0 aliphatic carbocycles. The molecule has 3 aliphatic heterocycles. The van der Waals surface area contributed by atoms with Crippen molar-refractivity contribution in [2.75, 3.05) is 25.2 Å². The van der Waals surface area contributed by atoms with Crippen molar-refractivity contribution in [3.05, 3.63) is 48.0 Å². The number of carbonyl (C=O) groups excluding carboxylic acids is 3. The molecule has 0 bridgehead atoms. The van der Waals surface area contributed by atoms with E-state index in [4.69, 9.17) is 14.2 Å². The molecule has 2 N–H and O–H groups in total. The quantitative estimate of drug-likeness (QED) is 0.548. The van der Waals surface area contributed by atoms with E-state index in [-0.39, 0.29) is 5.75 Å². The second-order valence-corrected chi connectivity index (χ2v) is 8.25. The Morgan fingerprint density at radius 1 is 1.09 bits per heavy atom. The van der Waals surface area contributed by atoms with Crippen molar-refractivity contribution < 1.29 is 33.7 Å². The zero-order valence-corrected chi connectivity index (χ0v) is 17.5. The van der Waals surface area contributed by atoms with E-state index in [9.17, 15) is 19.5 Å². The molecule has 4 atom stereocenters. The first kappa shape index (κ1) is 20.3. The number of esters is 1. The number of imide groups is 1. The number of hydrogen-bond donors (Lipinski definition) is 2. The van der Waals surface area contributed by atoms with Crippen molar-refractivity contribution >= 4 is 23.5 Å². The van der Waals surface area contributed by atoms with Crippen LogP contribution >= 0.6 is 0 Å². The van der Waals surface area contributed by atoms with Gasteiger partial charge in [0, 0.05) is 12.1 Å².